The van der Waals surface area contributed by atoms with Gasteiger partial charge in [-0.25, -0.2) is 9.97 Å². The molecule has 1 aromatic carbocycles. The van der Waals surface area contributed by atoms with Gasteiger partial charge in [0.1, 0.15) is 0 Å². The quantitative estimate of drug-likeness (QED) is 0.715. The highest BCUT2D eigenvalue weighted by atomic mass is 35.5. The molecule has 1 N–H and O–H groups in total. The second-order valence-corrected chi connectivity index (χ2v) is 4.80. The van der Waals surface area contributed by atoms with Gasteiger partial charge in [-0.1, -0.05) is 11.6 Å². The van der Waals surface area contributed by atoms with E-state index < -0.39 is 0 Å². The molecule has 0 spiro atoms. The minimum absolute atomic E-state index is 0.701. The molecular weight excluding hydrogens is 242 g/mol. The summed E-state index contributed by atoms with van der Waals surface area (Å²) in [6.07, 6.45) is 0. The third-order valence-corrected chi connectivity index (χ3v) is 3.58. The van der Waals surface area contributed by atoms with E-state index in [1.165, 1.54) is 0 Å². The maximum Gasteiger partial charge on any atom is 0.150 e. The molecule has 80 valence electrons. The Bertz CT molecular complexity index is 656. The molecule has 0 atom stereocenters. The van der Waals surface area contributed by atoms with Gasteiger partial charge in [0.25, 0.3) is 0 Å². The summed E-state index contributed by atoms with van der Waals surface area (Å²) in [6.45, 7) is 1.98. The van der Waals surface area contributed by atoms with Crippen LogP contribution >= 0.6 is 22.9 Å². The van der Waals surface area contributed by atoms with Crippen molar-refractivity contribution in [1.29, 1.82) is 0 Å². The van der Waals surface area contributed by atoms with E-state index in [-0.39, 0.29) is 0 Å². The van der Waals surface area contributed by atoms with Crippen molar-refractivity contribution in [1.82, 2.24) is 15.0 Å². The number of rotatable bonds is 1. The standard InChI is InChI=1S/C11H8ClN3S/c1-6-10(16-5-13-6)11-14-8-3-2-7(12)4-9(8)15-11/h2-5H,1H3,(H,14,15). The number of aryl methyl sites for hydroxylation is 1. The molecule has 0 radical (unpaired) electrons. The molecule has 3 rings (SSSR count). The number of hydrogen-bond donors (Lipinski definition) is 1. The highest BCUT2D eigenvalue weighted by Gasteiger charge is 2.09. The van der Waals surface area contributed by atoms with Gasteiger partial charge in [-0.05, 0) is 25.1 Å². The van der Waals surface area contributed by atoms with Crippen LogP contribution in [0, 0.1) is 6.92 Å². The van der Waals surface area contributed by atoms with Crippen LogP contribution in [0.5, 0.6) is 0 Å². The molecule has 16 heavy (non-hydrogen) atoms. The largest absolute Gasteiger partial charge is 0.337 e. The van der Waals surface area contributed by atoms with Gasteiger partial charge in [-0.2, -0.15) is 0 Å². The number of aromatic nitrogens is 3. The van der Waals surface area contributed by atoms with Crippen LogP contribution in [0.3, 0.4) is 0 Å². The number of hydrogen-bond acceptors (Lipinski definition) is 3. The van der Waals surface area contributed by atoms with Gasteiger partial charge in [0.15, 0.2) is 5.82 Å². The number of fused-ring (bicyclic) bond motifs is 1. The van der Waals surface area contributed by atoms with Crippen molar-refractivity contribution in [2.24, 2.45) is 0 Å². The van der Waals surface area contributed by atoms with Crippen LogP contribution in [0.25, 0.3) is 21.7 Å². The van der Waals surface area contributed by atoms with Gasteiger partial charge in [-0.15, -0.1) is 11.3 Å². The molecule has 0 amide bonds. The molecule has 0 bridgehead atoms. The second kappa shape index (κ2) is 3.57. The van der Waals surface area contributed by atoms with Gasteiger partial charge >= 0.3 is 0 Å². The van der Waals surface area contributed by atoms with Crippen LogP contribution in [0.2, 0.25) is 5.02 Å². The number of benzene rings is 1. The lowest BCUT2D eigenvalue weighted by molar-refractivity contribution is 1.24. The van der Waals surface area contributed by atoms with E-state index in [0.29, 0.717) is 5.02 Å². The normalized spacial score (nSPS) is 11.1. The Balaban J connectivity index is 2.23. The molecule has 0 fully saturated rings. The molecule has 5 heteroatoms. The van der Waals surface area contributed by atoms with Crippen molar-refractivity contribution < 1.29 is 0 Å². The molecule has 0 unspecified atom stereocenters. The first-order chi connectivity index (χ1) is 7.74. The maximum atomic E-state index is 5.92. The number of nitrogens with zero attached hydrogens (tertiary/aromatic N) is 2. The van der Waals surface area contributed by atoms with Crippen LogP contribution in [-0.4, -0.2) is 15.0 Å². The average Bonchev–Trinajstić information content (AvgIpc) is 2.82. The van der Waals surface area contributed by atoms with Gasteiger partial charge in [0, 0.05) is 5.02 Å². The Kier molecular flexibility index (Phi) is 2.19. The summed E-state index contributed by atoms with van der Waals surface area (Å²) >= 11 is 7.50. The van der Waals surface area contributed by atoms with E-state index in [2.05, 4.69) is 15.0 Å². The van der Waals surface area contributed by atoms with Crippen molar-refractivity contribution in [2.45, 2.75) is 6.92 Å². The molecule has 0 aliphatic carbocycles. The summed E-state index contributed by atoms with van der Waals surface area (Å²) < 4.78 is 0. The van der Waals surface area contributed by atoms with Crippen LogP contribution in [-0.2, 0) is 0 Å². The zero-order valence-corrected chi connectivity index (χ0v) is 10.1. The van der Waals surface area contributed by atoms with E-state index >= 15 is 0 Å². The molecule has 3 aromatic rings. The summed E-state index contributed by atoms with van der Waals surface area (Å²) in [7, 11) is 0. The van der Waals surface area contributed by atoms with E-state index in [0.717, 1.165) is 27.4 Å². The fraction of sp³-hybridized carbons (Fsp3) is 0.0909. The van der Waals surface area contributed by atoms with Crippen LogP contribution < -0.4 is 0 Å². The topological polar surface area (TPSA) is 41.6 Å². The summed E-state index contributed by atoms with van der Waals surface area (Å²) in [4.78, 5) is 13.1. The molecule has 0 aliphatic rings. The molecule has 2 heterocycles. The number of halogens is 1. The third kappa shape index (κ3) is 1.50. The monoisotopic (exact) mass is 249 g/mol. The van der Waals surface area contributed by atoms with E-state index in [4.69, 9.17) is 11.6 Å². The number of imidazole rings is 1. The second-order valence-electron chi connectivity index (χ2n) is 3.51. The first-order valence-electron chi connectivity index (χ1n) is 4.80. The molecule has 2 aromatic heterocycles. The molecule has 0 aliphatic heterocycles. The highest BCUT2D eigenvalue weighted by molar-refractivity contribution is 7.13. The average molecular weight is 250 g/mol. The number of H-pyrrole nitrogens is 1. The maximum absolute atomic E-state index is 5.92. The van der Waals surface area contributed by atoms with Crippen molar-refractivity contribution in [2.75, 3.05) is 0 Å². The van der Waals surface area contributed by atoms with Crippen LogP contribution in [0.4, 0.5) is 0 Å². The first kappa shape index (κ1) is 9.81. The fourth-order valence-corrected chi connectivity index (χ4v) is 2.53. The third-order valence-electron chi connectivity index (χ3n) is 2.41. The molecule has 0 saturated carbocycles. The number of thiazole rings is 1. The molecular formula is C11H8ClN3S. The Morgan fingerprint density at radius 1 is 1.38 bits per heavy atom. The lowest BCUT2D eigenvalue weighted by Crippen LogP contribution is -1.79. The van der Waals surface area contributed by atoms with Crippen LogP contribution in [0.1, 0.15) is 5.69 Å². The predicted octanol–water partition coefficient (Wildman–Crippen LogP) is 3.65. The fourth-order valence-electron chi connectivity index (χ4n) is 1.62. The molecule has 3 nitrogen and oxygen atoms in total. The minimum atomic E-state index is 0.701. The Hall–Kier alpha value is -1.39. The van der Waals surface area contributed by atoms with Gasteiger partial charge in [-0.3, -0.25) is 0 Å². The van der Waals surface area contributed by atoms with Crippen molar-refractivity contribution in [3.63, 3.8) is 0 Å². The lowest BCUT2D eigenvalue weighted by Gasteiger charge is -1.90. The summed E-state index contributed by atoms with van der Waals surface area (Å²) in [5, 5.41) is 0.701. The van der Waals surface area contributed by atoms with Gasteiger partial charge < -0.3 is 4.98 Å². The zero-order chi connectivity index (χ0) is 11.1. The molecule has 0 saturated heterocycles. The SMILES string of the molecule is Cc1ncsc1-c1nc2cc(Cl)ccc2[nH]1. The van der Waals surface area contributed by atoms with Crippen molar-refractivity contribution in [3.05, 3.63) is 34.4 Å². The highest BCUT2D eigenvalue weighted by Crippen LogP contribution is 2.27. The lowest BCUT2D eigenvalue weighted by atomic mass is 10.3. The smallest absolute Gasteiger partial charge is 0.150 e. The summed E-state index contributed by atoms with van der Waals surface area (Å²) in [5.41, 5.74) is 4.70. The summed E-state index contributed by atoms with van der Waals surface area (Å²) in [5.74, 6) is 0.859. The Morgan fingerprint density at radius 2 is 2.25 bits per heavy atom. The van der Waals surface area contributed by atoms with Crippen molar-refractivity contribution >= 4 is 34.0 Å². The minimum Gasteiger partial charge on any atom is -0.337 e. The predicted molar refractivity (Wildman–Crippen MR) is 66.9 cm³/mol. The Labute approximate surface area is 101 Å². The summed E-state index contributed by atoms with van der Waals surface area (Å²) in [6, 6.07) is 5.64. The van der Waals surface area contributed by atoms with E-state index in [9.17, 15) is 0 Å². The van der Waals surface area contributed by atoms with Crippen molar-refractivity contribution in [3.8, 4) is 10.7 Å². The van der Waals surface area contributed by atoms with E-state index in [1.807, 2.05) is 30.6 Å². The van der Waals surface area contributed by atoms with Gasteiger partial charge in [0.2, 0.25) is 0 Å². The van der Waals surface area contributed by atoms with E-state index in [1.54, 1.807) is 11.3 Å². The van der Waals surface area contributed by atoms with Crippen LogP contribution in [0.15, 0.2) is 23.7 Å². The number of aromatic amines is 1. The Morgan fingerprint density at radius 3 is 3.00 bits per heavy atom. The first-order valence-corrected chi connectivity index (χ1v) is 6.05. The van der Waals surface area contributed by atoms with Gasteiger partial charge in [0.05, 0.1) is 27.1 Å². The zero-order valence-electron chi connectivity index (χ0n) is 8.49. The number of nitrogens with one attached hydrogen (secondary N) is 1.